The van der Waals surface area contributed by atoms with Crippen LogP contribution in [-0.4, -0.2) is 15.7 Å². The average Bonchev–Trinajstić information content (AvgIpc) is 2.71. The largest absolute Gasteiger partial charge is 0.323 e. The van der Waals surface area contributed by atoms with Crippen LogP contribution in [0.15, 0.2) is 12.4 Å². The summed E-state index contributed by atoms with van der Waals surface area (Å²) in [5.74, 6) is 0.123. The van der Waals surface area contributed by atoms with Gasteiger partial charge in [-0.25, -0.2) is 0 Å². The summed E-state index contributed by atoms with van der Waals surface area (Å²) in [5.41, 5.74) is 0.841. The van der Waals surface area contributed by atoms with Gasteiger partial charge in [-0.05, 0) is 23.7 Å². The van der Waals surface area contributed by atoms with Gasteiger partial charge in [-0.1, -0.05) is 27.7 Å². The molecule has 1 heterocycles. The summed E-state index contributed by atoms with van der Waals surface area (Å²) >= 11 is 0. The highest BCUT2D eigenvalue weighted by Gasteiger charge is 2.68. The zero-order chi connectivity index (χ0) is 15.7. The molecule has 0 aliphatic heterocycles. The molecule has 2 rings (SSSR count). The second-order valence-electron chi connectivity index (χ2n) is 6.97. The molecule has 1 fully saturated rings. The summed E-state index contributed by atoms with van der Waals surface area (Å²) < 4.78 is 1.82. The molecule has 1 aromatic heterocycles. The first-order valence-electron chi connectivity index (χ1n) is 7.51. The van der Waals surface area contributed by atoms with Gasteiger partial charge in [0.1, 0.15) is 0 Å². The predicted molar refractivity (Wildman–Crippen MR) is 81.4 cm³/mol. The number of carbonyl (C=O) groups is 1. The van der Waals surface area contributed by atoms with E-state index in [1.165, 1.54) is 0 Å². The second kappa shape index (κ2) is 5.51. The van der Waals surface area contributed by atoms with Crippen molar-refractivity contribution in [2.75, 3.05) is 5.32 Å². The molecule has 1 amide bonds. The summed E-state index contributed by atoms with van der Waals surface area (Å²) in [5, 5.41) is 15.7. The topological polar surface area (TPSA) is 70.7 Å². The Hall–Kier alpha value is -1.83. The van der Waals surface area contributed by atoms with Gasteiger partial charge < -0.3 is 5.32 Å². The lowest BCUT2D eigenvalue weighted by atomic mass is 10.0. The number of rotatable bonds is 6. The summed E-state index contributed by atoms with van der Waals surface area (Å²) in [6.45, 7) is 9.31. The molecule has 0 aromatic carbocycles. The molecule has 1 aromatic rings. The van der Waals surface area contributed by atoms with Crippen LogP contribution in [0.2, 0.25) is 0 Å². The van der Waals surface area contributed by atoms with Crippen molar-refractivity contribution in [3.63, 3.8) is 0 Å². The first-order valence-corrected chi connectivity index (χ1v) is 7.51. The average molecular weight is 288 g/mol. The van der Waals surface area contributed by atoms with Crippen molar-refractivity contribution in [3.05, 3.63) is 12.4 Å². The van der Waals surface area contributed by atoms with Crippen molar-refractivity contribution >= 4 is 11.6 Å². The third-order valence-corrected chi connectivity index (χ3v) is 5.11. The molecule has 21 heavy (non-hydrogen) atoms. The second-order valence-corrected chi connectivity index (χ2v) is 6.97. The maximum absolute atomic E-state index is 12.3. The van der Waals surface area contributed by atoms with E-state index in [2.05, 4.69) is 44.2 Å². The van der Waals surface area contributed by atoms with Gasteiger partial charge in [0.2, 0.25) is 5.91 Å². The van der Waals surface area contributed by atoms with Gasteiger partial charge in [-0.2, -0.15) is 10.4 Å². The third-order valence-electron chi connectivity index (χ3n) is 5.11. The number of nitriles is 1. The van der Waals surface area contributed by atoms with E-state index in [9.17, 15) is 4.79 Å². The number of hydrogen-bond donors (Lipinski definition) is 1. The number of amides is 1. The van der Waals surface area contributed by atoms with Crippen LogP contribution >= 0.6 is 0 Å². The number of carbonyl (C=O) groups excluding carboxylic acids is 1. The van der Waals surface area contributed by atoms with Crippen LogP contribution in [0, 0.1) is 28.1 Å². The van der Waals surface area contributed by atoms with E-state index in [1.54, 1.807) is 6.20 Å². The highest BCUT2D eigenvalue weighted by molar-refractivity contribution is 5.95. The van der Waals surface area contributed by atoms with Crippen molar-refractivity contribution in [1.29, 1.82) is 5.26 Å². The standard InChI is InChI=1S/C16H24N4O/c1-15(2)13(16(15,3)4)14(21)19-12-10-18-20(11-12)9-7-5-6-8-17/h10-11,13H,5-7,9H2,1-4H3,(H,19,21). The van der Waals surface area contributed by atoms with Crippen LogP contribution in [0.25, 0.3) is 0 Å². The lowest BCUT2D eigenvalue weighted by Crippen LogP contribution is -2.17. The normalized spacial score (nSPS) is 19.0. The number of aromatic nitrogens is 2. The minimum atomic E-state index is 0.0454. The minimum Gasteiger partial charge on any atom is -0.323 e. The number of anilines is 1. The molecule has 0 unspecified atom stereocenters. The van der Waals surface area contributed by atoms with Crippen molar-refractivity contribution in [2.24, 2.45) is 16.7 Å². The lowest BCUT2D eigenvalue weighted by molar-refractivity contribution is -0.118. The highest BCUT2D eigenvalue weighted by atomic mass is 16.2. The van der Waals surface area contributed by atoms with Crippen molar-refractivity contribution < 1.29 is 4.79 Å². The molecule has 1 N–H and O–H groups in total. The molecule has 0 radical (unpaired) electrons. The Morgan fingerprint density at radius 2 is 2.05 bits per heavy atom. The fourth-order valence-corrected chi connectivity index (χ4v) is 3.09. The summed E-state index contributed by atoms with van der Waals surface area (Å²) in [6.07, 6.45) is 5.92. The molecular weight excluding hydrogens is 264 g/mol. The van der Waals surface area contributed by atoms with Gasteiger partial charge in [0, 0.05) is 25.1 Å². The van der Waals surface area contributed by atoms with Crippen LogP contribution in [0.3, 0.4) is 0 Å². The minimum absolute atomic E-state index is 0.0454. The van der Waals surface area contributed by atoms with E-state index in [0.717, 1.165) is 25.1 Å². The monoisotopic (exact) mass is 288 g/mol. The van der Waals surface area contributed by atoms with Gasteiger partial charge in [0.05, 0.1) is 18.0 Å². The molecule has 114 valence electrons. The number of aryl methyl sites for hydroxylation is 1. The van der Waals surface area contributed by atoms with Gasteiger partial charge in [-0.15, -0.1) is 0 Å². The van der Waals surface area contributed by atoms with E-state index in [-0.39, 0.29) is 22.7 Å². The molecule has 1 aliphatic rings. The van der Waals surface area contributed by atoms with Crippen molar-refractivity contribution in [2.45, 2.75) is 53.5 Å². The van der Waals surface area contributed by atoms with Gasteiger partial charge >= 0.3 is 0 Å². The highest BCUT2D eigenvalue weighted by Crippen LogP contribution is 2.68. The van der Waals surface area contributed by atoms with Gasteiger partial charge in [0.25, 0.3) is 0 Å². The first-order chi connectivity index (χ1) is 9.80. The van der Waals surface area contributed by atoms with Crippen LogP contribution in [0.5, 0.6) is 0 Å². The smallest absolute Gasteiger partial charge is 0.228 e. The molecule has 5 nitrogen and oxygen atoms in total. The molecule has 5 heteroatoms. The Balaban J connectivity index is 1.86. The van der Waals surface area contributed by atoms with Crippen molar-refractivity contribution in [3.8, 4) is 6.07 Å². The summed E-state index contributed by atoms with van der Waals surface area (Å²) in [4.78, 5) is 12.3. The van der Waals surface area contributed by atoms with E-state index in [0.29, 0.717) is 6.42 Å². The molecular formula is C16H24N4O. The predicted octanol–water partition coefficient (Wildman–Crippen LogP) is 3.20. The maximum atomic E-state index is 12.3. The quantitative estimate of drug-likeness (QED) is 0.817. The van der Waals surface area contributed by atoms with Crippen LogP contribution in [0.1, 0.15) is 47.0 Å². The Bertz CT molecular complexity index is 551. The maximum Gasteiger partial charge on any atom is 0.228 e. The summed E-state index contributed by atoms with van der Waals surface area (Å²) in [6, 6.07) is 2.13. The summed E-state index contributed by atoms with van der Waals surface area (Å²) in [7, 11) is 0. The molecule has 0 bridgehead atoms. The molecule has 0 atom stereocenters. The lowest BCUT2D eigenvalue weighted by Gasteiger charge is -2.03. The van der Waals surface area contributed by atoms with Crippen LogP contribution < -0.4 is 5.32 Å². The van der Waals surface area contributed by atoms with E-state index in [1.807, 2.05) is 10.9 Å². The van der Waals surface area contributed by atoms with Crippen LogP contribution in [-0.2, 0) is 11.3 Å². The number of hydrogen-bond acceptors (Lipinski definition) is 3. The fraction of sp³-hybridized carbons (Fsp3) is 0.688. The zero-order valence-electron chi connectivity index (χ0n) is 13.3. The fourth-order valence-electron chi connectivity index (χ4n) is 3.09. The molecule has 1 saturated carbocycles. The molecule has 0 spiro atoms. The zero-order valence-corrected chi connectivity index (χ0v) is 13.3. The van der Waals surface area contributed by atoms with Crippen molar-refractivity contribution in [1.82, 2.24) is 9.78 Å². The number of nitrogens with one attached hydrogen (secondary N) is 1. The Morgan fingerprint density at radius 1 is 1.38 bits per heavy atom. The van der Waals surface area contributed by atoms with Crippen LogP contribution in [0.4, 0.5) is 5.69 Å². The Kier molecular flexibility index (Phi) is 4.08. The Morgan fingerprint density at radius 3 is 2.62 bits per heavy atom. The van der Waals surface area contributed by atoms with Gasteiger partial charge in [0.15, 0.2) is 0 Å². The van der Waals surface area contributed by atoms with E-state index in [4.69, 9.17) is 5.26 Å². The molecule has 0 saturated heterocycles. The SMILES string of the molecule is CC1(C)C(C(=O)Nc2cnn(CCCCC#N)c2)C1(C)C. The van der Waals surface area contributed by atoms with Gasteiger partial charge in [-0.3, -0.25) is 9.48 Å². The number of nitrogens with zero attached hydrogens (tertiary/aromatic N) is 3. The Labute approximate surface area is 126 Å². The van der Waals surface area contributed by atoms with E-state index < -0.39 is 0 Å². The first kappa shape index (κ1) is 15.6. The molecule has 1 aliphatic carbocycles. The number of unbranched alkanes of at least 4 members (excludes halogenated alkanes) is 2. The van der Waals surface area contributed by atoms with E-state index >= 15 is 0 Å². The third kappa shape index (κ3) is 2.94.